The molecular formula is C42H38N4O10S2. The molecule has 6 aromatic carbocycles. The van der Waals surface area contributed by atoms with Gasteiger partial charge < -0.3 is 29.6 Å². The predicted octanol–water partition coefficient (Wildman–Crippen LogP) is 7.49. The fourth-order valence-electron chi connectivity index (χ4n) is 5.78. The molecule has 6 rings (SSSR count). The van der Waals surface area contributed by atoms with E-state index in [4.69, 9.17) is 18.9 Å². The molecule has 16 heteroatoms. The lowest BCUT2D eigenvalue weighted by Gasteiger charge is -2.16. The van der Waals surface area contributed by atoms with Gasteiger partial charge in [-0.1, -0.05) is 36.4 Å². The second-order valence-corrected chi connectivity index (χ2v) is 15.8. The van der Waals surface area contributed by atoms with Crippen molar-refractivity contribution < 1.29 is 45.4 Å². The molecule has 0 heterocycles. The molecule has 0 aliphatic heterocycles. The van der Waals surface area contributed by atoms with Gasteiger partial charge in [-0.05, 0) is 108 Å². The first-order valence-electron chi connectivity index (χ1n) is 17.4. The van der Waals surface area contributed by atoms with Crippen molar-refractivity contribution in [2.24, 2.45) is 0 Å². The molecule has 4 N–H and O–H groups in total. The van der Waals surface area contributed by atoms with E-state index in [1.54, 1.807) is 60.7 Å². The van der Waals surface area contributed by atoms with Crippen molar-refractivity contribution in [1.82, 2.24) is 0 Å². The van der Waals surface area contributed by atoms with Gasteiger partial charge in [-0.2, -0.15) is 0 Å². The van der Waals surface area contributed by atoms with Crippen LogP contribution in [-0.4, -0.2) is 57.1 Å². The Balaban J connectivity index is 1.18. The standard InChI is InChI=1S/C42H38N4O10S2/c1-53-29-15-19-31(20-16-29)57(49,50)45-35-11-7-5-9-33(35)41(47)43-37-23-13-27(25-39(37)55-3)28-14-24-38(40(26-28)56-4)44-42(48)34-10-6-8-12-36(34)46-58(51,52)32-21-17-30(54-2)18-22-32/h5-26,45-46H,1-4H3,(H,43,47)(H,44,48). The van der Waals surface area contributed by atoms with Crippen molar-refractivity contribution in [2.45, 2.75) is 9.79 Å². The third-order valence-electron chi connectivity index (χ3n) is 8.80. The molecule has 6 aromatic rings. The largest absolute Gasteiger partial charge is 0.497 e. The van der Waals surface area contributed by atoms with Crippen molar-refractivity contribution in [3.63, 3.8) is 0 Å². The summed E-state index contributed by atoms with van der Waals surface area (Å²) in [6.07, 6.45) is 0. The molecule has 0 unspecified atom stereocenters. The average molecular weight is 823 g/mol. The average Bonchev–Trinajstić information content (AvgIpc) is 3.24. The van der Waals surface area contributed by atoms with Crippen LogP contribution in [0.1, 0.15) is 20.7 Å². The second-order valence-electron chi connectivity index (χ2n) is 12.4. The Labute approximate surface area is 335 Å². The Hall–Kier alpha value is -7.04. The number of anilines is 4. The lowest BCUT2D eigenvalue weighted by molar-refractivity contribution is 0.101. The second kappa shape index (κ2) is 17.4. The number of nitrogens with one attached hydrogen (secondary N) is 4. The quantitative estimate of drug-likeness (QED) is 0.0808. The van der Waals surface area contributed by atoms with Crippen molar-refractivity contribution in [3.8, 4) is 34.1 Å². The summed E-state index contributed by atoms with van der Waals surface area (Å²) in [5.41, 5.74) is 2.29. The molecular weight excluding hydrogens is 785 g/mol. The summed E-state index contributed by atoms with van der Waals surface area (Å²) in [6, 6.07) is 34.3. The van der Waals surface area contributed by atoms with Crippen LogP contribution in [-0.2, 0) is 20.0 Å². The Morgan fingerprint density at radius 3 is 1.14 bits per heavy atom. The highest BCUT2D eigenvalue weighted by Crippen LogP contribution is 2.36. The fraction of sp³-hybridized carbons (Fsp3) is 0.0952. The lowest BCUT2D eigenvalue weighted by Crippen LogP contribution is -2.19. The van der Waals surface area contributed by atoms with Gasteiger partial charge in [-0.25, -0.2) is 16.8 Å². The predicted molar refractivity (Wildman–Crippen MR) is 221 cm³/mol. The monoisotopic (exact) mass is 822 g/mol. The van der Waals surface area contributed by atoms with E-state index in [0.717, 1.165) is 0 Å². The van der Waals surface area contributed by atoms with E-state index in [1.165, 1.54) is 101 Å². The molecule has 0 aliphatic carbocycles. The highest BCUT2D eigenvalue weighted by molar-refractivity contribution is 7.93. The van der Waals surface area contributed by atoms with Crippen LogP contribution in [0, 0.1) is 0 Å². The van der Waals surface area contributed by atoms with Gasteiger partial charge in [0, 0.05) is 0 Å². The number of methoxy groups -OCH3 is 4. The Morgan fingerprint density at radius 1 is 0.431 bits per heavy atom. The van der Waals surface area contributed by atoms with Gasteiger partial charge in [0.25, 0.3) is 31.9 Å². The smallest absolute Gasteiger partial charge is 0.261 e. The van der Waals surface area contributed by atoms with Gasteiger partial charge in [-0.15, -0.1) is 0 Å². The summed E-state index contributed by atoms with van der Waals surface area (Å²) >= 11 is 0. The van der Waals surface area contributed by atoms with Crippen molar-refractivity contribution in [1.29, 1.82) is 0 Å². The molecule has 0 spiro atoms. The number of carbonyl (C=O) groups is 2. The van der Waals surface area contributed by atoms with Crippen molar-refractivity contribution in [2.75, 3.05) is 48.5 Å². The van der Waals surface area contributed by atoms with Crippen molar-refractivity contribution >= 4 is 54.6 Å². The van der Waals surface area contributed by atoms with E-state index in [1.807, 2.05) is 0 Å². The van der Waals surface area contributed by atoms with E-state index in [2.05, 4.69) is 20.1 Å². The van der Waals surface area contributed by atoms with Crippen LogP contribution in [0.25, 0.3) is 11.1 Å². The first-order valence-corrected chi connectivity index (χ1v) is 20.3. The number of ether oxygens (including phenoxy) is 4. The molecule has 0 saturated carbocycles. The molecule has 298 valence electrons. The Morgan fingerprint density at radius 2 is 0.793 bits per heavy atom. The Kier molecular flexibility index (Phi) is 12.2. The number of rotatable bonds is 15. The molecule has 14 nitrogen and oxygen atoms in total. The van der Waals surface area contributed by atoms with Gasteiger partial charge in [0.05, 0.1) is 72.1 Å². The maximum absolute atomic E-state index is 13.5. The topological polar surface area (TPSA) is 187 Å². The fourth-order valence-corrected chi connectivity index (χ4v) is 7.94. The van der Waals surface area contributed by atoms with Gasteiger partial charge in [0.2, 0.25) is 0 Å². The highest BCUT2D eigenvalue weighted by atomic mass is 32.2. The van der Waals surface area contributed by atoms with E-state index < -0.39 is 31.9 Å². The number of hydrogen-bond acceptors (Lipinski definition) is 10. The van der Waals surface area contributed by atoms with E-state index in [-0.39, 0.29) is 32.3 Å². The molecule has 0 bridgehead atoms. The van der Waals surface area contributed by atoms with Gasteiger partial charge >= 0.3 is 0 Å². The molecule has 0 saturated heterocycles. The van der Waals surface area contributed by atoms with Crippen LogP contribution < -0.4 is 39.0 Å². The maximum Gasteiger partial charge on any atom is 0.261 e. The van der Waals surface area contributed by atoms with E-state index in [9.17, 15) is 26.4 Å². The summed E-state index contributed by atoms with van der Waals surface area (Å²) in [6.45, 7) is 0. The van der Waals surface area contributed by atoms with E-state index >= 15 is 0 Å². The van der Waals surface area contributed by atoms with Gasteiger partial charge in [-0.3, -0.25) is 19.0 Å². The third-order valence-corrected chi connectivity index (χ3v) is 11.6. The summed E-state index contributed by atoms with van der Waals surface area (Å²) in [5.74, 6) is 0.440. The molecule has 58 heavy (non-hydrogen) atoms. The minimum absolute atomic E-state index is 0.00949. The normalized spacial score (nSPS) is 11.2. The van der Waals surface area contributed by atoms with E-state index in [0.29, 0.717) is 45.5 Å². The summed E-state index contributed by atoms with van der Waals surface area (Å²) in [5, 5.41) is 5.61. The zero-order valence-corrected chi connectivity index (χ0v) is 33.2. The number of para-hydroxylation sites is 2. The molecule has 0 atom stereocenters. The number of carbonyl (C=O) groups excluding carboxylic acids is 2. The van der Waals surface area contributed by atoms with Crippen LogP contribution in [0.4, 0.5) is 22.7 Å². The molecule has 0 radical (unpaired) electrons. The molecule has 0 aromatic heterocycles. The third kappa shape index (κ3) is 9.15. The molecule has 0 aliphatic rings. The minimum atomic E-state index is -4.04. The van der Waals surface area contributed by atoms with Crippen LogP contribution in [0.3, 0.4) is 0 Å². The van der Waals surface area contributed by atoms with Gasteiger partial charge in [0.15, 0.2) is 0 Å². The highest BCUT2D eigenvalue weighted by Gasteiger charge is 2.22. The maximum atomic E-state index is 13.5. The van der Waals surface area contributed by atoms with Gasteiger partial charge in [0.1, 0.15) is 23.0 Å². The number of amides is 2. The molecule has 0 fully saturated rings. The van der Waals surface area contributed by atoms with Crippen LogP contribution in [0.15, 0.2) is 143 Å². The zero-order valence-electron chi connectivity index (χ0n) is 31.6. The lowest BCUT2D eigenvalue weighted by atomic mass is 10.0. The first-order chi connectivity index (χ1) is 27.8. The first kappa shape index (κ1) is 40.6. The van der Waals surface area contributed by atoms with Crippen LogP contribution in [0.5, 0.6) is 23.0 Å². The number of benzene rings is 6. The van der Waals surface area contributed by atoms with Crippen LogP contribution >= 0.6 is 0 Å². The number of sulfonamides is 2. The number of hydrogen-bond donors (Lipinski definition) is 4. The summed E-state index contributed by atoms with van der Waals surface area (Å²) < 4.78 is 79.1. The van der Waals surface area contributed by atoms with Crippen LogP contribution in [0.2, 0.25) is 0 Å². The SMILES string of the molecule is COc1ccc(S(=O)(=O)Nc2ccccc2C(=O)Nc2ccc(-c3ccc(NC(=O)c4ccccc4NS(=O)(=O)c4ccc(OC)cc4)c(OC)c3)cc2OC)cc1. The minimum Gasteiger partial charge on any atom is -0.497 e. The zero-order chi connectivity index (χ0) is 41.5. The summed E-state index contributed by atoms with van der Waals surface area (Å²) in [4.78, 5) is 27.1. The molecule has 2 amide bonds. The summed E-state index contributed by atoms with van der Waals surface area (Å²) in [7, 11) is -2.23. The Bertz CT molecular complexity index is 2500. The van der Waals surface area contributed by atoms with Crippen molar-refractivity contribution in [3.05, 3.63) is 145 Å².